The molecule has 108 valence electrons. The molecule has 0 aliphatic heterocycles. The highest BCUT2D eigenvalue weighted by atomic mass is 16.6. The minimum absolute atomic E-state index is 0.0737. The molecular weight excluding hydrogens is 232 g/mol. The van der Waals surface area contributed by atoms with E-state index in [1.807, 2.05) is 27.7 Å². The van der Waals surface area contributed by atoms with Crippen LogP contribution in [0.3, 0.4) is 0 Å². The molecule has 0 aromatic heterocycles. The Kier molecular flexibility index (Phi) is 7.95. The third-order valence-corrected chi connectivity index (χ3v) is 2.25. The lowest BCUT2D eigenvalue weighted by atomic mass is 10.2. The fourth-order valence-corrected chi connectivity index (χ4v) is 1.52. The standard InChI is InChI=1S/C13H28N2O3/c1-11(14)10-15(8-6-5-7-9-16)12(17)18-13(2,3)4/h11,16H,5-10,14H2,1-4H3/t11-/m1/s1. The number of hydrogen-bond donors (Lipinski definition) is 2. The normalized spacial score (nSPS) is 13.2. The number of aliphatic hydroxyl groups excluding tert-OH is 1. The Morgan fingerprint density at radius 3 is 2.39 bits per heavy atom. The smallest absolute Gasteiger partial charge is 0.410 e. The third kappa shape index (κ3) is 9.24. The number of amides is 1. The van der Waals surface area contributed by atoms with E-state index in [1.165, 1.54) is 0 Å². The number of rotatable bonds is 7. The highest BCUT2D eigenvalue weighted by Gasteiger charge is 2.22. The van der Waals surface area contributed by atoms with Gasteiger partial charge in [0.05, 0.1) is 0 Å². The maximum atomic E-state index is 12.0. The maximum Gasteiger partial charge on any atom is 0.410 e. The van der Waals surface area contributed by atoms with Crippen molar-refractivity contribution in [3.05, 3.63) is 0 Å². The molecule has 0 rings (SSSR count). The van der Waals surface area contributed by atoms with Crippen LogP contribution in [0, 0.1) is 0 Å². The average Bonchev–Trinajstić information content (AvgIpc) is 2.19. The highest BCUT2D eigenvalue weighted by Crippen LogP contribution is 2.11. The zero-order chi connectivity index (χ0) is 14.2. The molecule has 0 radical (unpaired) electrons. The molecule has 18 heavy (non-hydrogen) atoms. The lowest BCUT2D eigenvalue weighted by Crippen LogP contribution is -2.43. The molecule has 0 fully saturated rings. The van der Waals surface area contributed by atoms with Crippen molar-refractivity contribution >= 4 is 6.09 Å². The first-order valence-corrected chi connectivity index (χ1v) is 6.60. The van der Waals surface area contributed by atoms with Gasteiger partial charge in [-0.15, -0.1) is 0 Å². The van der Waals surface area contributed by atoms with Crippen LogP contribution in [0.15, 0.2) is 0 Å². The second-order valence-electron chi connectivity index (χ2n) is 5.69. The van der Waals surface area contributed by atoms with Crippen molar-refractivity contribution in [2.75, 3.05) is 19.7 Å². The quantitative estimate of drug-likeness (QED) is 0.684. The molecular formula is C13H28N2O3. The first-order chi connectivity index (χ1) is 8.26. The van der Waals surface area contributed by atoms with E-state index in [9.17, 15) is 4.79 Å². The molecule has 5 heteroatoms. The van der Waals surface area contributed by atoms with Crippen LogP contribution in [0.2, 0.25) is 0 Å². The number of unbranched alkanes of at least 4 members (excludes halogenated alkanes) is 2. The Hall–Kier alpha value is -0.810. The van der Waals surface area contributed by atoms with Crippen LogP contribution < -0.4 is 5.73 Å². The van der Waals surface area contributed by atoms with Crippen LogP contribution in [0.4, 0.5) is 4.79 Å². The average molecular weight is 260 g/mol. The van der Waals surface area contributed by atoms with Gasteiger partial charge in [-0.05, 0) is 47.0 Å². The highest BCUT2D eigenvalue weighted by molar-refractivity contribution is 5.68. The molecule has 0 bridgehead atoms. The third-order valence-electron chi connectivity index (χ3n) is 2.25. The Bertz CT molecular complexity index is 237. The van der Waals surface area contributed by atoms with Crippen molar-refractivity contribution in [3.8, 4) is 0 Å². The van der Waals surface area contributed by atoms with E-state index in [4.69, 9.17) is 15.6 Å². The van der Waals surface area contributed by atoms with E-state index in [2.05, 4.69) is 0 Å². The molecule has 0 aromatic carbocycles. The monoisotopic (exact) mass is 260 g/mol. The van der Waals surface area contributed by atoms with Gasteiger partial charge in [0.2, 0.25) is 0 Å². The number of nitrogens with two attached hydrogens (primary N) is 1. The Morgan fingerprint density at radius 2 is 1.94 bits per heavy atom. The first kappa shape index (κ1) is 17.2. The van der Waals surface area contributed by atoms with Gasteiger partial charge < -0.3 is 20.5 Å². The summed E-state index contributed by atoms with van der Waals surface area (Å²) in [6, 6.07) is -0.0737. The molecule has 0 spiro atoms. The van der Waals surface area contributed by atoms with Crippen molar-refractivity contribution in [1.29, 1.82) is 0 Å². The number of aliphatic hydroxyl groups is 1. The van der Waals surface area contributed by atoms with Gasteiger partial charge in [-0.2, -0.15) is 0 Å². The molecule has 3 N–H and O–H groups in total. The SMILES string of the molecule is C[C@@H](N)CN(CCCCCO)C(=O)OC(C)(C)C. The number of ether oxygens (including phenoxy) is 1. The van der Waals surface area contributed by atoms with E-state index >= 15 is 0 Å². The molecule has 0 saturated carbocycles. The molecule has 0 aromatic rings. The zero-order valence-corrected chi connectivity index (χ0v) is 12.1. The minimum atomic E-state index is -0.488. The van der Waals surface area contributed by atoms with Crippen LogP contribution >= 0.6 is 0 Å². The van der Waals surface area contributed by atoms with Gasteiger partial charge in [-0.3, -0.25) is 0 Å². The van der Waals surface area contributed by atoms with E-state index < -0.39 is 5.60 Å². The maximum absolute atomic E-state index is 12.0. The van der Waals surface area contributed by atoms with E-state index in [-0.39, 0.29) is 18.7 Å². The van der Waals surface area contributed by atoms with Crippen LogP contribution in [0.25, 0.3) is 0 Å². The summed E-state index contributed by atoms with van der Waals surface area (Å²) in [7, 11) is 0. The van der Waals surface area contributed by atoms with Crippen molar-refractivity contribution in [1.82, 2.24) is 4.90 Å². The summed E-state index contributed by atoms with van der Waals surface area (Å²) in [5.41, 5.74) is 5.25. The molecule has 0 aliphatic rings. The van der Waals surface area contributed by atoms with Gasteiger partial charge in [0.25, 0.3) is 0 Å². The van der Waals surface area contributed by atoms with Crippen LogP contribution in [0.1, 0.15) is 47.0 Å². The van der Waals surface area contributed by atoms with E-state index in [1.54, 1.807) is 4.90 Å². The number of nitrogens with zero attached hydrogens (tertiary/aromatic N) is 1. The van der Waals surface area contributed by atoms with Gasteiger partial charge in [0.1, 0.15) is 5.60 Å². The summed E-state index contributed by atoms with van der Waals surface area (Å²) in [4.78, 5) is 13.6. The molecule has 5 nitrogen and oxygen atoms in total. The summed E-state index contributed by atoms with van der Waals surface area (Å²) >= 11 is 0. The Labute approximate surface area is 110 Å². The van der Waals surface area contributed by atoms with Crippen molar-refractivity contribution in [2.24, 2.45) is 5.73 Å². The Morgan fingerprint density at radius 1 is 1.33 bits per heavy atom. The zero-order valence-electron chi connectivity index (χ0n) is 12.1. The molecule has 1 amide bonds. The van der Waals surface area contributed by atoms with Gasteiger partial charge in [0, 0.05) is 25.7 Å². The molecule has 1 atom stereocenters. The van der Waals surface area contributed by atoms with Crippen LogP contribution in [-0.2, 0) is 4.74 Å². The van der Waals surface area contributed by atoms with E-state index in [0.717, 1.165) is 19.3 Å². The summed E-state index contributed by atoms with van der Waals surface area (Å²) in [5.74, 6) is 0. The lowest BCUT2D eigenvalue weighted by Gasteiger charge is -2.28. The van der Waals surface area contributed by atoms with Crippen LogP contribution in [0.5, 0.6) is 0 Å². The summed E-state index contributed by atoms with van der Waals surface area (Å²) in [6.45, 7) is 8.72. The molecule has 0 saturated heterocycles. The fraction of sp³-hybridized carbons (Fsp3) is 0.923. The second-order valence-corrected chi connectivity index (χ2v) is 5.69. The van der Waals surface area contributed by atoms with Gasteiger partial charge in [-0.1, -0.05) is 0 Å². The summed E-state index contributed by atoms with van der Waals surface area (Å²) < 4.78 is 5.34. The minimum Gasteiger partial charge on any atom is -0.444 e. The van der Waals surface area contributed by atoms with Crippen molar-refractivity contribution in [3.63, 3.8) is 0 Å². The second kappa shape index (κ2) is 8.32. The van der Waals surface area contributed by atoms with Crippen molar-refractivity contribution in [2.45, 2.75) is 58.6 Å². The fourth-order valence-electron chi connectivity index (χ4n) is 1.52. The molecule has 0 unspecified atom stereocenters. The van der Waals surface area contributed by atoms with Gasteiger partial charge in [0.15, 0.2) is 0 Å². The predicted octanol–water partition coefficient (Wildman–Crippen LogP) is 1.73. The number of hydrogen-bond acceptors (Lipinski definition) is 4. The molecule has 0 heterocycles. The van der Waals surface area contributed by atoms with Gasteiger partial charge in [-0.25, -0.2) is 4.79 Å². The summed E-state index contributed by atoms with van der Waals surface area (Å²) in [5, 5.41) is 8.71. The molecule has 0 aliphatic carbocycles. The predicted molar refractivity (Wildman–Crippen MR) is 72.4 cm³/mol. The Balaban J connectivity index is 4.24. The van der Waals surface area contributed by atoms with Gasteiger partial charge >= 0.3 is 6.09 Å². The summed E-state index contributed by atoms with van der Waals surface area (Å²) in [6.07, 6.45) is 2.20. The number of carbonyl (C=O) groups excluding carboxylic acids is 1. The topological polar surface area (TPSA) is 75.8 Å². The largest absolute Gasteiger partial charge is 0.444 e. The number of carbonyl (C=O) groups is 1. The van der Waals surface area contributed by atoms with Crippen molar-refractivity contribution < 1.29 is 14.6 Å². The van der Waals surface area contributed by atoms with Crippen LogP contribution in [-0.4, -0.2) is 47.4 Å². The van der Waals surface area contributed by atoms with E-state index in [0.29, 0.717) is 13.1 Å². The lowest BCUT2D eigenvalue weighted by molar-refractivity contribution is 0.0238. The first-order valence-electron chi connectivity index (χ1n) is 6.60.